The van der Waals surface area contributed by atoms with Crippen LogP contribution in [0.4, 0.5) is 65.9 Å². The summed E-state index contributed by atoms with van der Waals surface area (Å²) >= 11 is 0. The molecule has 0 bridgehead atoms. The van der Waals surface area contributed by atoms with Gasteiger partial charge >= 0.3 is 52.0 Å². The highest BCUT2D eigenvalue weighted by Crippen LogP contribution is 2.53. The van der Waals surface area contributed by atoms with E-state index in [0.29, 0.717) is 0 Å². The molecular formula is C10H5F15O5S. The first-order chi connectivity index (χ1) is 13.3. The van der Waals surface area contributed by atoms with Gasteiger partial charge in [-0.15, -0.1) is 0 Å². The molecule has 0 aliphatic carbocycles. The zero-order valence-electron chi connectivity index (χ0n) is 13.6. The molecule has 186 valence electrons. The normalized spacial score (nSPS) is 16.9. The Morgan fingerprint density at radius 1 is 0.839 bits per heavy atom. The van der Waals surface area contributed by atoms with E-state index >= 15 is 0 Å². The van der Waals surface area contributed by atoms with Crippen LogP contribution in [0.15, 0.2) is 12.6 Å². The largest absolute Gasteiger partial charge is 0.471 e. The summed E-state index contributed by atoms with van der Waals surface area (Å²) in [5.74, 6) is -13.0. The molecule has 0 saturated carbocycles. The van der Waals surface area contributed by atoms with E-state index in [2.05, 4.69) is 8.92 Å². The summed E-state index contributed by atoms with van der Waals surface area (Å²) in [6, 6.07) is -3.00. The van der Waals surface area contributed by atoms with Crippen LogP contribution in [0.5, 0.6) is 0 Å². The summed E-state index contributed by atoms with van der Waals surface area (Å²) in [7, 11) is -7.70. The van der Waals surface area contributed by atoms with Crippen LogP contribution in [0.3, 0.4) is 0 Å². The van der Waals surface area contributed by atoms with Crippen LogP contribution < -0.4 is 0 Å². The molecule has 0 aromatic rings. The third-order valence-corrected chi connectivity index (χ3v) is 3.92. The summed E-state index contributed by atoms with van der Waals surface area (Å²) in [4.78, 5) is 0. The van der Waals surface area contributed by atoms with Crippen LogP contribution >= 0.6 is 0 Å². The number of ether oxygens (including phenoxy) is 2. The number of halogens is 15. The number of alkyl halides is 14. The standard InChI is InChI=1S/C10H5F15O5S/c1-3(11)29-8(20,21)6(16,7(17,18)19)30-9(22,23)10(24,25)31(26,27)28-2-5(14,15)4(12)13/h4H,1-2H2. The number of hydrogen-bond donors (Lipinski definition) is 0. The van der Waals surface area contributed by atoms with E-state index in [1.54, 1.807) is 11.3 Å². The predicted molar refractivity (Wildman–Crippen MR) is 63.0 cm³/mol. The second-order valence-electron chi connectivity index (χ2n) is 4.98. The smallest absolute Gasteiger partial charge is 0.402 e. The third kappa shape index (κ3) is 5.79. The molecule has 0 aromatic carbocycles. The first kappa shape index (κ1) is 29.4. The molecule has 0 aromatic heterocycles. The molecule has 0 spiro atoms. The van der Waals surface area contributed by atoms with Crippen molar-refractivity contribution in [3.63, 3.8) is 0 Å². The van der Waals surface area contributed by atoms with Crippen molar-refractivity contribution in [2.24, 2.45) is 0 Å². The van der Waals surface area contributed by atoms with Gasteiger partial charge in [0, 0.05) is 0 Å². The topological polar surface area (TPSA) is 61.8 Å². The first-order valence-corrected chi connectivity index (χ1v) is 7.86. The van der Waals surface area contributed by atoms with Crippen molar-refractivity contribution in [1.82, 2.24) is 0 Å². The average Bonchev–Trinajstić information content (AvgIpc) is 2.49. The molecule has 0 N–H and O–H groups in total. The van der Waals surface area contributed by atoms with E-state index in [1.165, 1.54) is 0 Å². The van der Waals surface area contributed by atoms with Crippen LogP contribution in [0.25, 0.3) is 0 Å². The van der Waals surface area contributed by atoms with Gasteiger partial charge in [0.1, 0.15) is 6.61 Å². The zero-order valence-corrected chi connectivity index (χ0v) is 14.4. The van der Waals surface area contributed by atoms with E-state index < -0.39 is 64.6 Å². The fourth-order valence-electron chi connectivity index (χ4n) is 1.16. The van der Waals surface area contributed by atoms with Gasteiger partial charge < -0.3 is 4.74 Å². The molecule has 0 heterocycles. The van der Waals surface area contributed by atoms with E-state index in [-0.39, 0.29) is 0 Å². The molecule has 0 saturated heterocycles. The minimum absolute atomic E-state index is 1.63. The Labute approximate surface area is 160 Å². The van der Waals surface area contributed by atoms with E-state index in [1.807, 2.05) is 0 Å². The van der Waals surface area contributed by atoms with Gasteiger partial charge in [-0.1, -0.05) is 0 Å². The van der Waals surface area contributed by atoms with Crippen LogP contribution in [0, 0.1) is 0 Å². The second kappa shape index (κ2) is 8.37. The molecule has 0 rings (SSSR count). The van der Waals surface area contributed by atoms with Gasteiger partial charge in [-0.2, -0.15) is 65.5 Å². The number of hydrogen-bond acceptors (Lipinski definition) is 5. The summed E-state index contributed by atoms with van der Waals surface area (Å²) in [5.41, 5.74) is 0. The monoisotopic (exact) mass is 522 g/mol. The van der Waals surface area contributed by atoms with Crippen molar-refractivity contribution in [2.75, 3.05) is 6.61 Å². The van der Waals surface area contributed by atoms with Crippen LogP contribution in [0.2, 0.25) is 0 Å². The fraction of sp³-hybridized carbons (Fsp3) is 0.800. The molecule has 1 atom stereocenters. The Kier molecular flexibility index (Phi) is 7.93. The highest BCUT2D eigenvalue weighted by Gasteiger charge is 2.82. The van der Waals surface area contributed by atoms with Gasteiger partial charge in [0.05, 0.1) is 0 Å². The van der Waals surface area contributed by atoms with Gasteiger partial charge in [-0.25, -0.2) is 8.78 Å². The maximum Gasteiger partial charge on any atom is 0.471 e. The van der Waals surface area contributed by atoms with Crippen molar-refractivity contribution < 1.29 is 87.9 Å². The van der Waals surface area contributed by atoms with Crippen LogP contribution in [-0.2, 0) is 23.8 Å². The highest BCUT2D eigenvalue weighted by atomic mass is 32.2. The van der Waals surface area contributed by atoms with E-state index in [9.17, 15) is 74.3 Å². The quantitative estimate of drug-likeness (QED) is 0.224. The Morgan fingerprint density at radius 2 is 1.26 bits per heavy atom. The van der Waals surface area contributed by atoms with Gasteiger partial charge in [0.15, 0.2) is 0 Å². The Hall–Kier alpha value is -1.64. The number of rotatable bonds is 11. The van der Waals surface area contributed by atoms with Crippen LogP contribution in [-0.4, -0.2) is 56.9 Å². The molecule has 1 unspecified atom stereocenters. The zero-order chi connectivity index (χ0) is 25.5. The minimum Gasteiger partial charge on any atom is -0.402 e. The highest BCUT2D eigenvalue weighted by molar-refractivity contribution is 7.87. The Balaban J connectivity index is 6.22. The maximum atomic E-state index is 13.6. The van der Waals surface area contributed by atoms with E-state index in [0.717, 1.165) is 0 Å². The average molecular weight is 522 g/mol. The Morgan fingerprint density at radius 3 is 1.58 bits per heavy atom. The molecule has 21 heteroatoms. The SMILES string of the molecule is C=C(F)OC(F)(F)C(F)(OC(F)(F)C(F)(F)S(=O)(=O)OCC(F)(F)C(F)F)C(F)(F)F. The van der Waals surface area contributed by atoms with Gasteiger partial charge in [-0.3, -0.25) is 8.92 Å². The summed E-state index contributed by atoms with van der Waals surface area (Å²) in [6.07, 6.45) is -26.8. The third-order valence-electron chi connectivity index (χ3n) is 2.63. The first-order valence-electron chi connectivity index (χ1n) is 6.45. The molecule has 0 radical (unpaired) electrons. The van der Waals surface area contributed by atoms with Crippen molar-refractivity contribution >= 4 is 10.1 Å². The van der Waals surface area contributed by atoms with Gasteiger partial charge in [-0.05, 0) is 6.58 Å². The summed E-state index contributed by atoms with van der Waals surface area (Å²) in [5, 5.41) is -7.40. The van der Waals surface area contributed by atoms with Gasteiger partial charge in [0.2, 0.25) is 0 Å². The molecule has 5 nitrogen and oxygen atoms in total. The van der Waals surface area contributed by atoms with E-state index in [4.69, 9.17) is 0 Å². The lowest BCUT2D eigenvalue weighted by atomic mass is 10.2. The molecule has 31 heavy (non-hydrogen) atoms. The maximum absolute atomic E-state index is 13.6. The van der Waals surface area contributed by atoms with Crippen LogP contribution in [0.1, 0.15) is 0 Å². The lowest BCUT2D eigenvalue weighted by Crippen LogP contribution is -2.64. The molecule has 0 fully saturated rings. The van der Waals surface area contributed by atoms with Crippen molar-refractivity contribution in [3.05, 3.63) is 12.6 Å². The molecule has 0 amide bonds. The van der Waals surface area contributed by atoms with Crippen molar-refractivity contribution in [1.29, 1.82) is 0 Å². The molecule has 0 aliphatic rings. The van der Waals surface area contributed by atoms with Gasteiger partial charge in [0.25, 0.3) is 6.01 Å². The molecule has 0 aliphatic heterocycles. The fourth-order valence-corrected chi connectivity index (χ4v) is 1.95. The Bertz CT molecular complexity index is 761. The lowest BCUT2D eigenvalue weighted by Gasteiger charge is -2.36. The summed E-state index contributed by atoms with van der Waals surface area (Å²) < 4.78 is 220. The second-order valence-corrected chi connectivity index (χ2v) is 6.64. The van der Waals surface area contributed by atoms with Crippen molar-refractivity contribution in [3.8, 4) is 0 Å². The predicted octanol–water partition coefficient (Wildman–Crippen LogP) is 4.71. The molecular weight excluding hydrogens is 517 g/mol. The lowest BCUT2D eigenvalue weighted by molar-refractivity contribution is -0.510. The van der Waals surface area contributed by atoms with Crippen molar-refractivity contribution in [2.45, 2.75) is 41.9 Å². The summed E-state index contributed by atoms with van der Waals surface area (Å²) in [6.45, 7) is -1.55. The minimum atomic E-state index is -7.70.